The molecule has 4 heteroatoms. The van der Waals surface area contributed by atoms with Crippen LogP contribution in [0.3, 0.4) is 0 Å². The van der Waals surface area contributed by atoms with Gasteiger partial charge in [-0.05, 0) is 49.7 Å². The predicted molar refractivity (Wildman–Crippen MR) is 85.5 cm³/mol. The Morgan fingerprint density at radius 2 is 1.73 bits per heavy atom. The lowest BCUT2D eigenvalue weighted by molar-refractivity contribution is 0.242. The maximum atomic E-state index is 9.20. The minimum Gasteiger partial charge on any atom is -0.497 e. The maximum absolute atomic E-state index is 9.20. The molecule has 0 aliphatic heterocycles. The molecule has 4 nitrogen and oxygen atoms in total. The zero-order valence-electron chi connectivity index (χ0n) is 13.2. The first-order chi connectivity index (χ1) is 10.6. The van der Waals surface area contributed by atoms with E-state index < -0.39 is 0 Å². The van der Waals surface area contributed by atoms with Gasteiger partial charge in [0.2, 0.25) is 0 Å². The second-order valence-corrected chi connectivity index (χ2v) is 5.06. The molecule has 0 heterocycles. The highest BCUT2D eigenvalue weighted by atomic mass is 16.5. The van der Waals surface area contributed by atoms with Crippen LogP contribution in [0.15, 0.2) is 36.4 Å². The molecule has 114 valence electrons. The number of hydrogen-bond donors (Lipinski definition) is 0. The molecule has 2 aromatic carbocycles. The first-order valence-electron chi connectivity index (χ1n) is 7.02. The molecule has 0 aliphatic rings. The Hall–Kier alpha value is -2.67. The summed E-state index contributed by atoms with van der Waals surface area (Å²) in [6.07, 6.45) is -0.00504. The van der Waals surface area contributed by atoms with Crippen LogP contribution < -0.4 is 14.2 Å². The van der Waals surface area contributed by atoms with Crippen LogP contribution >= 0.6 is 0 Å². The van der Waals surface area contributed by atoms with Gasteiger partial charge in [0.15, 0.2) is 0 Å². The fourth-order valence-corrected chi connectivity index (χ4v) is 2.17. The van der Waals surface area contributed by atoms with Gasteiger partial charge in [0.1, 0.15) is 23.3 Å². The lowest BCUT2D eigenvalue weighted by Crippen LogP contribution is -2.07. The van der Waals surface area contributed by atoms with E-state index in [9.17, 15) is 5.26 Å². The van der Waals surface area contributed by atoms with E-state index in [4.69, 9.17) is 14.2 Å². The van der Waals surface area contributed by atoms with Crippen molar-refractivity contribution in [3.8, 4) is 34.4 Å². The SMILES string of the molecule is COc1ccc(OC)c(-c2ccc(C#N)c(OC(C)C)c2)c1. The van der Waals surface area contributed by atoms with E-state index in [1.54, 1.807) is 20.3 Å². The lowest BCUT2D eigenvalue weighted by atomic mass is 10.0. The van der Waals surface area contributed by atoms with E-state index in [-0.39, 0.29) is 6.10 Å². The van der Waals surface area contributed by atoms with Crippen LogP contribution in [0, 0.1) is 11.3 Å². The summed E-state index contributed by atoms with van der Waals surface area (Å²) < 4.78 is 16.4. The standard InChI is InChI=1S/C18H19NO3/c1-12(2)22-18-9-13(5-6-14(18)11-19)16-10-15(20-3)7-8-17(16)21-4/h5-10,12H,1-4H3. The smallest absolute Gasteiger partial charge is 0.138 e. The fourth-order valence-electron chi connectivity index (χ4n) is 2.17. The number of nitrogens with zero attached hydrogens (tertiary/aromatic N) is 1. The fraction of sp³-hybridized carbons (Fsp3) is 0.278. The van der Waals surface area contributed by atoms with Crippen molar-refractivity contribution in [1.29, 1.82) is 5.26 Å². The predicted octanol–water partition coefficient (Wildman–Crippen LogP) is 4.03. The van der Waals surface area contributed by atoms with Crippen LogP contribution in [-0.4, -0.2) is 20.3 Å². The van der Waals surface area contributed by atoms with Gasteiger partial charge in [-0.25, -0.2) is 0 Å². The molecule has 0 aliphatic carbocycles. The molecule has 0 bridgehead atoms. The summed E-state index contributed by atoms with van der Waals surface area (Å²) >= 11 is 0. The van der Waals surface area contributed by atoms with Crippen molar-refractivity contribution in [1.82, 2.24) is 0 Å². The molecule has 0 spiro atoms. The number of methoxy groups -OCH3 is 2. The summed E-state index contributed by atoms with van der Waals surface area (Å²) in [5, 5.41) is 9.20. The Morgan fingerprint density at radius 1 is 0.955 bits per heavy atom. The number of benzene rings is 2. The van der Waals surface area contributed by atoms with Crippen molar-refractivity contribution >= 4 is 0 Å². The molecule has 0 aromatic heterocycles. The van der Waals surface area contributed by atoms with Gasteiger partial charge < -0.3 is 14.2 Å². The third kappa shape index (κ3) is 3.32. The highest BCUT2D eigenvalue weighted by Crippen LogP contribution is 2.36. The largest absolute Gasteiger partial charge is 0.497 e. The van der Waals surface area contributed by atoms with Crippen LogP contribution in [0.4, 0.5) is 0 Å². The quantitative estimate of drug-likeness (QED) is 0.836. The second kappa shape index (κ2) is 6.86. The lowest BCUT2D eigenvalue weighted by Gasteiger charge is -2.15. The summed E-state index contributed by atoms with van der Waals surface area (Å²) in [5.41, 5.74) is 2.31. The van der Waals surface area contributed by atoms with Gasteiger partial charge >= 0.3 is 0 Å². The van der Waals surface area contributed by atoms with Crippen molar-refractivity contribution in [3.63, 3.8) is 0 Å². The Kier molecular flexibility index (Phi) is 4.90. The molecule has 2 rings (SSSR count). The van der Waals surface area contributed by atoms with Gasteiger partial charge in [-0.3, -0.25) is 0 Å². The number of rotatable bonds is 5. The summed E-state index contributed by atoms with van der Waals surface area (Å²) in [4.78, 5) is 0. The number of hydrogen-bond acceptors (Lipinski definition) is 4. The Morgan fingerprint density at radius 3 is 2.32 bits per heavy atom. The van der Waals surface area contributed by atoms with Gasteiger partial charge in [-0.2, -0.15) is 5.26 Å². The molecule has 0 N–H and O–H groups in total. The van der Waals surface area contributed by atoms with Crippen LogP contribution in [0.5, 0.6) is 17.2 Å². The zero-order valence-corrected chi connectivity index (χ0v) is 13.2. The molecule has 0 saturated carbocycles. The topological polar surface area (TPSA) is 51.5 Å². The summed E-state index contributed by atoms with van der Waals surface area (Å²) in [6.45, 7) is 3.86. The van der Waals surface area contributed by atoms with E-state index in [0.29, 0.717) is 11.3 Å². The van der Waals surface area contributed by atoms with Gasteiger partial charge in [0.05, 0.1) is 25.9 Å². The third-order valence-electron chi connectivity index (χ3n) is 3.18. The summed E-state index contributed by atoms with van der Waals surface area (Å²) in [6, 6.07) is 13.2. The molecule has 2 aromatic rings. The molecule has 0 unspecified atom stereocenters. The molecular weight excluding hydrogens is 278 g/mol. The van der Waals surface area contributed by atoms with Crippen molar-refractivity contribution in [2.24, 2.45) is 0 Å². The van der Waals surface area contributed by atoms with E-state index in [1.165, 1.54) is 0 Å². The Balaban J connectivity index is 2.55. The van der Waals surface area contributed by atoms with E-state index >= 15 is 0 Å². The summed E-state index contributed by atoms with van der Waals surface area (Å²) in [7, 11) is 3.25. The zero-order chi connectivity index (χ0) is 16.1. The Labute approximate surface area is 130 Å². The van der Waals surface area contributed by atoms with E-state index in [1.807, 2.05) is 44.2 Å². The normalized spacial score (nSPS) is 10.2. The van der Waals surface area contributed by atoms with Gasteiger partial charge in [0.25, 0.3) is 0 Å². The van der Waals surface area contributed by atoms with E-state index in [2.05, 4.69) is 6.07 Å². The molecule has 0 fully saturated rings. The first-order valence-corrected chi connectivity index (χ1v) is 7.02. The Bertz CT molecular complexity index is 702. The molecular formula is C18H19NO3. The van der Waals surface area contributed by atoms with Gasteiger partial charge in [0, 0.05) is 5.56 Å². The minimum absolute atomic E-state index is 0.00504. The average molecular weight is 297 g/mol. The van der Waals surface area contributed by atoms with Crippen LogP contribution in [0.2, 0.25) is 0 Å². The molecule has 0 radical (unpaired) electrons. The van der Waals surface area contributed by atoms with Crippen molar-refractivity contribution in [2.75, 3.05) is 14.2 Å². The molecule has 0 atom stereocenters. The van der Waals surface area contributed by atoms with E-state index in [0.717, 1.165) is 22.6 Å². The van der Waals surface area contributed by atoms with Crippen molar-refractivity contribution in [2.45, 2.75) is 20.0 Å². The van der Waals surface area contributed by atoms with Crippen LogP contribution in [0.1, 0.15) is 19.4 Å². The second-order valence-electron chi connectivity index (χ2n) is 5.06. The number of ether oxygens (including phenoxy) is 3. The maximum Gasteiger partial charge on any atom is 0.138 e. The minimum atomic E-state index is -0.00504. The molecule has 0 amide bonds. The molecule has 22 heavy (non-hydrogen) atoms. The monoisotopic (exact) mass is 297 g/mol. The molecule has 0 saturated heterocycles. The van der Waals surface area contributed by atoms with Gasteiger partial charge in [-0.1, -0.05) is 6.07 Å². The van der Waals surface area contributed by atoms with Crippen molar-refractivity contribution < 1.29 is 14.2 Å². The van der Waals surface area contributed by atoms with Crippen LogP contribution in [0.25, 0.3) is 11.1 Å². The van der Waals surface area contributed by atoms with Crippen LogP contribution in [-0.2, 0) is 0 Å². The van der Waals surface area contributed by atoms with Gasteiger partial charge in [-0.15, -0.1) is 0 Å². The highest BCUT2D eigenvalue weighted by Gasteiger charge is 2.12. The average Bonchev–Trinajstić information content (AvgIpc) is 2.53. The number of nitriles is 1. The van der Waals surface area contributed by atoms with Crippen molar-refractivity contribution in [3.05, 3.63) is 42.0 Å². The first kappa shape index (κ1) is 15.7. The summed E-state index contributed by atoms with van der Waals surface area (Å²) in [5.74, 6) is 2.05. The third-order valence-corrected chi connectivity index (χ3v) is 3.18. The highest BCUT2D eigenvalue weighted by molar-refractivity contribution is 5.74.